The van der Waals surface area contributed by atoms with Gasteiger partial charge in [0.25, 0.3) is 5.56 Å². The third kappa shape index (κ3) is 4.79. The quantitative estimate of drug-likeness (QED) is 0.606. The van der Waals surface area contributed by atoms with E-state index in [4.69, 9.17) is 26.0 Å². The fourth-order valence-corrected chi connectivity index (χ4v) is 4.10. The number of aromatic nitrogens is 2. The molecule has 0 radical (unpaired) electrons. The molecule has 1 aromatic rings. The Hall–Kier alpha value is -1.66. The van der Waals surface area contributed by atoms with Gasteiger partial charge in [-0.15, -0.1) is 0 Å². The molecule has 7 nitrogen and oxygen atoms in total. The van der Waals surface area contributed by atoms with Crippen LogP contribution in [0.5, 0.6) is 0 Å². The fourth-order valence-electron chi connectivity index (χ4n) is 2.64. The lowest BCUT2D eigenvalue weighted by molar-refractivity contribution is 0.00626. The van der Waals surface area contributed by atoms with Crippen molar-refractivity contribution in [2.75, 3.05) is 0 Å². The number of allylic oxidation sites excluding steroid dienone is 1. The standard InChI is InChI=1S/C18H26ClN3O4Si/c1-11-10-22(17(24)21-16(11)23)15-8-14(13(25-15)7-12(19)9-20)26-27(5,6)18(2,3)4/h7,10,13-15H,8H2,1-6H3,(H,21,23,24)/b12-7-/t13-,14+,15-/m1/s1. The third-order valence-corrected chi connectivity index (χ3v) is 9.96. The minimum Gasteiger partial charge on any atom is -0.411 e. The third-order valence-electron chi connectivity index (χ3n) is 5.24. The summed E-state index contributed by atoms with van der Waals surface area (Å²) in [6, 6.07) is 1.87. The first-order valence-corrected chi connectivity index (χ1v) is 12.1. The van der Waals surface area contributed by atoms with Gasteiger partial charge in [0.2, 0.25) is 0 Å². The van der Waals surface area contributed by atoms with E-state index in [1.165, 1.54) is 16.8 Å². The number of nitrogens with zero attached hydrogens (tertiary/aromatic N) is 2. The number of hydrogen-bond donors (Lipinski definition) is 1. The first-order valence-electron chi connectivity index (χ1n) is 8.78. The van der Waals surface area contributed by atoms with Gasteiger partial charge in [-0.2, -0.15) is 5.26 Å². The summed E-state index contributed by atoms with van der Waals surface area (Å²) in [4.78, 5) is 26.1. The number of rotatable bonds is 4. The molecular weight excluding hydrogens is 386 g/mol. The summed E-state index contributed by atoms with van der Waals surface area (Å²) in [5, 5.41) is 9.00. The minimum absolute atomic E-state index is 0.00878. The summed E-state index contributed by atoms with van der Waals surface area (Å²) in [6.45, 7) is 12.3. The molecule has 0 amide bonds. The first-order chi connectivity index (χ1) is 12.4. The molecule has 0 aromatic carbocycles. The lowest BCUT2D eigenvalue weighted by atomic mass is 10.1. The average Bonchev–Trinajstić information content (AvgIpc) is 2.91. The molecule has 27 heavy (non-hydrogen) atoms. The molecule has 3 atom stereocenters. The van der Waals surface area contributed by atoms with Crippen LogP contribution in [0.1, 0.15) is 39.0 Å². The highest BCUT2D eigenvalue weighted by atomic mass is 35.5. The highest BCUT2D eigenvalue weighted by molar-refractivity contribution is 6.74. The van der Waals surface area contributed by atoms with Crippen LogP contribution in [0.15, 0.2) is 26.9 Å². The minimum atomic E-state index is -2.12. The second-order valence-electron chi connectivity index (χ2n) is 8.31. The van der Waals surface area contributed by atoms with Gasteiger partial charge in [-0.1, -0.05) is 32.4 Å². The number of nitriles is 1. The summed E-state index contributed by atoms with van der Waals surface area (Å²) < 4.78 is 13.8. The molecule has 0 saturated carbocycles. The second kappa shape index (κ2) is 7.76. The molecule has 1 aliphatic heterocycles. The number of nitrogens with one attached hydrogen (secondary N) is 1. The Kier molecular flexibility index (Phi) is 6.22. The zero-order valence-corrected chi connectivity index (χ0v) is 18.3. The maximum Gasteiger partial charge on any atom is 0.330 e. The number of halogens is 1. The summed E-state index contributed by atoms with van der Waals surface area (Å²) in [5.41, 5.74) is -0.556. The highest BCUT2D eigenvalue weighted by Gasteiger charge is 2.44. The maximum atomic E-state index is 12.2. The smallest absolute Gasteiger partial charge is 0.330 e. The van der Waals surface area contributed by atoms with Crippen molar-refractivity contribution in [3.63, 3.8) is 0 Å². The molecule has 2 heterocycles. The molecule has 148 valence electrons. The molecule has 1 aromatic heterocycles. The lowest BCUT2D eigenvalue weighted by Gasteiger charge is -2.39. The first kappa shape index (κ1) is 21.6. The Balaban J connectivity index is 2.38. The van der Waals surface area contributed by atoms with E-state index < -0.39 is 31.9 Å². The average molecular weight is 412 g/mol. The van der Waals surface area contributed by atoms with Crippen molar-refractivity contribution < 1.29 is 9.16 Å². The van der Waals surface area contributed by atoms with E-state index in [-0.39, 0.29) is 16.2 Å². The van der Waals surface area contributed by atoms with Crippen LogP contribution in [0, 0.1) is 18.3 Å². The van der Waals surface area contributed by atoms with Gasteiger partial charge in [0, 0.05) is 18.2 Å². The predicted octanol–water partition coefficient (Wildman–Crippen LogP) is 3.17. The number of H-pyrrole nitrogens is 1. The molecule has 1 fully saturated rings. The van der Waals surface area contributed by atoms with Gasteiger partial charge in [0.1, 0.15) is 23.4 Å². The van der Waals surface area contributed by atoms with Crippen molar-refractivity contribution in [3.8, 4) is 6.07 Å². The second-order valence-corrected chi connectivity index (χ2v) is 13.5. The molecule has 1 aliphatic rings. The van der Waals surface area contributed by atoms with Crippen molar-refractivity contribution in [1.82, 2.24) is 9.55 Å². The summed E-state index contributed by atoms with van der Waals surface area (Å²) in [7, 11) is -2.12. The molecular formula is C18H26ClN3O4Si. The van der Waals surface area contributed by atoms with E-state index >= 15 is 0 Å². The Morgan fingerprint density at radius 1 is 1.48 bits per heavy atom. The van der Waals surface area contributed by atoms with E-state index in [0.717, 1.165) is 0 Å². The largest absolute Gasteiger partial charge is 0.411 e. The van der Waals surface area contributed by atoms with Crippen LogP contribution in [-0.4, -0.2) is 30.1 Å². The van der Waals surface area contributed by atoms with Crippen LogP contribution in [0.3, 0.4) is 0 Å². The Bertz CT molecular complexity index is 892. The van der Waals surface area contributed by atoms with Crippen molar-refractivity contribution in [2.45, 2.75) is 70.7 Å². The Morgan fingerprint density at radius 3 is 2.67 bits per heavy atom. The number of hydrogen-bond acceptors (Lipinski definition) is 5. The fraction of sp³-hybridized carbons (Fsp3) is 0.611. The van der Waals surface area contributed by atoms with E-state index in [9.17, 15) is 9.59 Å². The highest BCUT2D eigenvalue weighted by Crippen LogP contribution is 2.41. The summed E-state index contributed by atoms with van der Waals surface area (Å²) in [6.07, 6.45) is 1.88. The zero-order chi connectivity index (χ0) is 20.6. The molecule has 1 N–H and O–H groups in total. The lowest BCUT2D eigenvalue weighted by Crippen LogP contribution is -2.45. The van der Waals surface area contributed by atoms with Gasteiger partial charge in [-0.05, 0) is 31.1 Å². The van der Waals surface area contributed by atoms with Gasteiger partial charge in [-0.3, -0.25) is 14.3 Å². The van der Waals surface area contributed by atoms with Crippen LogP contribution in [0.25, 0.3) is 0 Å². The van der Waals surface area contributed by atoms with Crippen LogP contribution < -0.4 is 11.2 Å². The van der Waals surface area contributed by atoms with Crippen LogP contribution in [0.4, 0.5) is 0 Å². The molecule has 0 spiro atoms. The normalized spacial score (nSPS) is 24.1. The van der Waals surface area contributed by atoms with Crippen LogP contribution >= 0.6 is 11.6 Å². The van der Waals surface area contributed by atoms with Gasteiger partial charge < -0.3 is 9.16 Å². The number of aromatic amines is 1. The Morgan fingerprint density at radius 2 is 2.11 bits per heavy atom. The molecule has 0 unspecified atom stereocenters. The summed E-state index contributed by atoms with van der Waals surface area (Å²) >= 11 is 5.90. The molecule has 0 aliphatic carbocycles. The van der Waals surface area contributed by atoms with E-state index in [1.807, 2.05) is 6.07 Å². The van der Waals surface area contributed by atoms with E-state index in [0.29, 0.717) is 12.0 Å². The number of aryl methyl sites for hydroxylation is 1. The molecule has 0 bridgehead atoms. The monoisotopic (exact) mass is 411 g/mol. The number of ether oxygens (including phenoxy) is 1. The topological polar surface area (TPSA) is 97.1 Å². The van der Waals surface area contributed by atoms with Crippen LogP contribution in [0.2, 0.25) is 18.1 Å². The molecule has 2 rings (SSSR count). The SMILES string of the molecule is Cc1cn([C@H]2C[C@H](O[Si](C)(C)C(C)(C)C)[C@@H](/C=C(\Cl)C#N)O2)c(=O)[nH]c1=O. The van der Waals surface area contributed by atoms with Gasteiger partial charge >= 0.3 is 5.69 Å². The van der Waals surface area contributed by atoms with Gasteiger partial charge in [-0.25, -0.2) is 4.79 Å². The van der Waals surface area contributed by atoms with Gasteiger partial charge in [0.15, 0.2) is 8.32 Å². The summed E-state index contributed by atoms with van der Waals surface area (Å²) in [5.74, 6) is 0. The van der Waals surface area contributed by atoms with Crippen molar-refractivity contribution in [3.05, 3.63) is 43.7 Å². The molecule has 9 heteroatoms. The zero-order valence-electron chi connectivity index (χ0n) is 16.5. The van der Waals surface area contributed by atoms with Crippen molar-refractivity contribution in [1.29, 1.82) is 5.26 Å². The van der Waals surface area contributed by atoms with E-state index in [1.54, 1.807) is 6.92 Å². The van der Waals surface area contributed by atoms with Crippen molar-refractivity contribution in [2.24, 2.45) is 0 Å². The maximum absolute atomic E-state index is 12.2. The predicted molar refractivity (Wildman–Crippen MR) is 106 cm³/mol. The Labute approximate surface area is 164 Å². The van der Waals surface area contributed by atoms with Gasteiger partial charge in [0.05, 0.1) is 6.10 Å². The van der Waals surface area contributed by atoms with Crippen LogP contribution in [-0.2, 0) is 9.16 Å². The molecule has 1 saturated heterocycles. The van der Waals surface area contributed by atoms with Crippen molar-refractivity contribution >= 4 is 19.9 Å². The van der Waals surface area contributed by atoms with E-state index in [2.05, 4.69) is 38.8 Å².